The Balaban J connectivity index is 1.59. The third-order valence-corrected chi connectivity index (χ3v) is 3.86. The van der Waals surface area contributed by atoms with Crippen LogP contribution in [0.25, 0.3) is 0 Å². The van der Waals surface area contributed by atoms with E-state index in [2.05, 4.69) is 46.5 Å². The summed E-state index contributed by atoms with van der Waals surface area (Å²) in [4.78, 5) is 22.5. The summed E-state index contributed by atoms with van der Waals surface area (Å²) >= 11 is 0. The highest BCUT2D eigenvalue weighted by atomic mass is 16.2. The van der Waals surface area contributed by atoms with E-state index in [0.717, 1.165) is 25.9 Å². The molecule has 5 nitrogen and oxygen atoms in total. The monoisotopic (exact) mass is 296 g/mol. The molecule has 0 saturated carbocycles. The number of benzene rings is 1. The molecule has 0 spiro atoms. The molecule has 1 aliphatic heterocycles. The minimum Gasteiger partial charge on any atom is -0.350 e. The first-order valence-corrected chi connectivity index (χ1v) is 7.63. The summed E-state index contributed by atoms with van der Waals surface area (Å²) in [7, 11) is 0. The highest BCUT2D eigenvalue weighted by Gasteiger charge is 2.19. The zero-order valence-electron chi connectivity index (χ0n) is 12.7. The van der Waals surface area contributed by atoms with Crippen molar-refractivity contribution in [3.63, 3.8) is 0 Å². The molecule has 1 aromatic heterocycles. The molecule has 0 atom stereocenters. The van der Waals surface area contributed by atoms with Crippen LogP contribution in [-0.2, 0) is 6.54 Å². The van der Waals surface area contributed by atoms with Crippen LogP contribution >= 0.6 is 0 Å². The van der Waals surface area contributed by atoms with Gasteiger partial charge in [-0.3, -0.25) is 4.79 Å². The first-order valence-electron chi connectivity index (χ1n) is 7.63. The fourth-order valence-corrected chi connectivity index (χ4v) is 2.52. The number of likely N-dealkylation sites (tertiary alicyclic amines) is 1. The van der Waals surface area contributed by atoms with Crippen LogP contribution in [0.2, 0.25) is 0 Å². The van der Waals surface area contributed by atoms with Crippen molar-refractivity contribution in [3.05, 3.63) is 53.3 Å². The van der Waals surface area contributed by atoms with Gasteiger partial charge in [0.05, 0.1) is 5.56 Å². The highest BCUT2D eigenvalue weighted by molar-refractivity contribution is 5.93. The summed E-state index contributed by atoms with van der Waals surface area (Å²) in [5, 5.41) is 3.17. The fourth-order valence-electron chi connectivity index (χ4n) is 2.52. The van der Waals surface area contributed by atoms with E-state index in [1.807, 2.05) is 4.90 Å². The number of amides is 1. The first kappa shape index (κ1) is 14.5. The molecule has 0 aliphatic carbocycles. The number of hydrogen-bond acceptors (Lipinski definition) is 4. The molecular weight excluding hydrogens is 276 g/mol. The van der Waals surface area contributed by atoms with Gasteiger partial charge >= 0.3 is 0 Å². The van der Waals surface area contributed by atoms with Crippen LogP contribution in [0, 0.1) is 6.92 Å². The second kappa shape index (κ2) is 6.56. The van der Waals surface area contributed by atoms with Crippen molar-refractivity contribution in [3.8, 4) is 0 Å². The van der Waals surface area contributed by atoms with Crippen LogP contribution < -0.4 is 5.32 Å². The topological polar surface area (TPSA) is 58.1 Å². The molecule has 1 aromatic carbocycles. The summed E-state index contributed by atoms with van der Waals surface area (Å²) in [6.45, 7) is 4.41. The van der Waals surface area contributed by atoms with Crippen molar-refractivity contribution in [1.82, 2.24) is 14.9 Å². The van der Waals surface area contributed by atoms with Crippen molar-refractivity contribution >= 4 is 11.9 Å². The lowest BCUT2D eigenvalue weighted by molar-refractivity contribution is 0.0792. The van der Waals surface area contributed by atoms with Gasteiger partial charge in [-0.1, -0.05) is 29.8 Å². The third-order valence-electron chi connectivity index (χ3n) is 3.86. The predicted molar refractivity (Wildman–Crippen MR) is 85.7 cm³/mol. The number of nitrogens with one attached hydrogen (secondary N) is 1. The summed E-state index contributed by atoms with van der Waals surface area (Å²) in [5.74, 6) is 0.570. The maximum atomic E-state index is 12.2. The van der Waals surface area contributed by atoms with Crippen molar-refractivity contribution in [2.24, 2.45) is 0 Å². The Kier molecular flexibility index (Phi) is 4.32. The average Bonchev–Trinajstić information content (AvgIpc) is 3.09. The Bertz CT molecular complexity index is 631. The van der Waals surface area contributed by atoms with E-state index < -0.39 is 0 Å². The molecule has 0 unspecified atom stereocenters. The number of anilines is 1. The van der Waals surface area contributed by atoms with Crippen LogP contribution in [0.15, 0.2) is 36.7 Å². The van der Waals surface area contributed by atoms with Crippen molar-refractivity contribution < 1.29 is 4.79 Å². The lowest BCUT2D eigenvalue weighted by atomic mass is 10.1. The standard InChI is InChI=1S/C17H20N4O/c1-13-4-6-14(7-5-13)10-18-17-19-11-15(12-20-17)16(22)21-8-2-3-9-21/h4-7,11-12H,2-3,8-10H2,1H3,(H,18,19,20). The molecule has 3 rings (SSSR count). The highest BCUT2D eigenvalue weighted by Crippen LogP contribution is 2.12. The van der Waals surface area contributed by atoms with Crippen LogP contribution in [0.5, 0.6) is 0 Å². The number of hydrogen-bond donors (Lipinski definition) is 1. The Morgan fingerprint density at radius 3 is 2.41 bits per heavy atom. The van der Waals surface area contributed by atoms with E-state index >= 15 is 0 Å². The third kappa shape index (κ3) is 3.42. The average molecular weight is 296 g/mol. The summed E-state index contributed by atoms with van der Waals surface area (Å²) in [5.41, 5.74) is 2.97. The molecule has 1 aliphatic rings. The van der Waals surface area contributed by atoms with Crippen molar-refractivity contribution in [2.45, 2.75) is 26.3 Å². The van der Waals surface area contributed by atoms with E-state index in [0.29, 0.717) is 18.1 Å². The smallest absolute Gasteiger partial charge is 0.256 e. The fraction of sp³-hybridized carbons (Fsp3) is 0.353. The lowest BCUT2D eigenvalue weighted by Crippen LogP contribution is -2.27. The summed E-state index contributed by atoms with van der Waals surface area (Å²) in [6, 6.07) is 8.31. The maximum absolute atomic E-state index is 12.2. The molecular formula is C17H20N4O. The van der Waals surface area contributed by atoms with Crippen LogP contribution in [0.3, 0.4) is 0 Å². The molecule has 5 heteroatoms. The van der Waals surface area contributed by atoms with E-state index in [1.54, 1.807) is 12.4 Å². The molecule has 114 valence electrons. The first-order chi connectivity index (χ1) is 10.7. The van der Waals surface area contributed by atoms with E-state index in [4.69, 9.17) is 0 Å². The molecule has 1 saturated heterocycles. The van der Waals surface area contributed by atoms with Gasteiger partial charge in [-0.05, 0) is 25.3 Å². The number of aryl methyl sites for hydroxylation is 1. The minimum atomic E-state index is 0.0302. The number of carbonyl (C=O) groups is 1. The van der Waals surface area contributed by atoms with Gasteiger partial charge in [0.2, 0.25) is 5.95 Å². The Labute approximate surface area is 130 Å². The normalized spacial score (nSPS) is 14.1. The van der Waals surface area contributed by atoms with Crippen LogP contribution in [-0.4, -0.2) is 33.9 Å². The number of rotatable bonds is 4. The number of carbonyl (C=O) groups excluding carboxylic acids is 1. The van der Waals surface area contributed by atoms with Gasteiger partial charge in [-0.15, -0.1) is 0 Å². The van der Waals surface area contributed by atoms with Gasteiger partial charge < -0.3 is 10.2 Å². The minimum absolute atomic E-state index is 0.0302. The van der Waals surface area contributed by atoms with Crippen molar-refractivity contribution in [1.29, 1.82) is 0 Å². The summed E-state index contributed by atoms with van der Waals surface area (Å²) < 4.78 is 0. The zero-order chi connectivity index (χ0) is 15.4. The van der Waals surface area contributed by atoms with E-state index in [1.165, 1.54) is 11.1 Å². The van der Waals surface area contributed by atoms with Gasteiger partial charge in [-0.25, -0.2) is 9.97 Å². The lowest BCUT2D eigenvalue weighted by Gasteiger charge is -2.14. The maximum Gasteiger partial charge on any atom is 0.256 e. The molecule has 0 radical (unpaired) electrons. The molecule has 2 aromatic rings. The van der Waals surface area contributed by atoms with Crippen LogP contribution in [0.1, 0.15) is 34.3 Å². The SMILES string of the molecule is Cc1ccc(CNc2ncc(C(=O)N3CCCC3)cn2)cc1. The molecule has 1 amide bonds. The van der Waals surface area contributed by atoms with Gasteiger partial charge in [0.1, 0.15) is 0 Å². The second-order valence-electron chi connectivity index (χ2n) is 5.63. The Morgan fingerprint density at radius 1 is 1.14 bits per heavy atom. The summed E-state index contributed by atoms with van der Waals surface area (Å²) in [6.07, 6.45) is 5.38. The number of nitrogens with zero attached hydrogens (tertiary/aromatic N) is 3. The van der Waals surface area contributed by atoms with Gasteiger partial charge in [0.15, 0.2) is 0 Å². The van der Waals surface area contributed by atoms with Gasteiger partial charge in [-0.2, -0.15) is 0 Å². The van der Waals surface area contributed by atoms with Gasteiger partial charge in [0.25, 0.3) is 5.91 Å². The molecule has 22 heavy (non-hydrogen) atoms. The van der Waals surface area contributed by atoms with Crippen molar-refractivity contribution in [2.75, 3.05) is 18.4 Å². The molecule has 0 bridgehead atoms. The molecule has 1 N–H and O–H groups in total. The molecule has 2 heterocycles. The van der Waals surface area contributed by atoms with E-state index in [-0.39, 0.29) is 5.91 Å². The zero-order valence-corrected chi connectivity index (χ0v) is 12.7. The second-order valence-corrected chi connectivity index (χ2v) is 5.63. The van der Waals surface area contributed by atoms with E-state index in [9.17, 15) is 4.79 Å². The number of aromatic nitrogens is 2. The molecule has 1 fully saturated rings. The quantitative estimate of drug-likeness (QED) is 0.942. The largest absolute Gasteiger partial charge is 0.350 e. The Hall–Kier alpha value is -2.43. The predicted octanol–water partition coefficient (Wildman–Crippen LogP) is 2.63. The van der Waals surface area contributed by atoms with Crippen LogP contribution in [0.4, 0.5) is 5.95 Å². The van der Waals surface area contributed by atoms with Gasteiger partial charge in [0, 0.05) is 32.0 Å². The Morgan fingerprint density at radius 2 is 1.77 bits per heavy atom.